The summed E-state index contributed by atoms with van der Waals surface area (Å²) in [7, 11) is 0. The summed E-state index contributed by atoms with van der Waals surface area (Å²) in [4.78, 5) is 18.2. The molecule has 1 amide bonds. The molecular formula is C20H20Cl2F5N5O. The van der Waals surface area contributed by atoms with Gasteiger partial charge in [0.2, 0.25) is 0 Å². The summed E-state index contributed by atoms with van der Waals surface area (Å²) in [6, 6.07) is 2.05. The first-order valence-corrected chi connectivity index (χ1v) is 9.30. The summed E-state index contributed by atoms with van der Waals surface area (Å²) in [5.74, 6) is -2.91. The van der Waals surface area contributed by atoms with Gasteiger partial charge in [0, 0.05) is 37.0 Å². The van der Waals surface area contributed by atoms with Crippen molar-refractivity contribution in [1.29, 1.82) is 5.26 Å². The Kier molecular flexibility index (Phi) is 10.3. The Labute approximate surface area is 198 Å². The molecule has 0 saturated carbocycles. The number of benzene rings is 1. The number of nitrogens with zero attached hydrogens (tertiary/aromatic N) is 3. The van der Waals surface area contributed by atoms with Gasteiger partial charge in [-0.05, 0) is 24.1 Å². The molecule has 2 heterocycles. The third-order valence-electron chi connectivity index (χ3n) is 4.88. The van der Waals surface area contributed by atoms with E-state index >= 15 is 0 Å². The van der Waals surface area contributed by atoms with Crippen molar-refractivity contribution in [2.45, 2.75) is 24.9 Å². The van der Waals surface area contributed by atoms with Gasteiger partial charge in [0.1, 0.15) is 36.1 Å². The highest BCUT2D eigenvalue weighted by Gasteiger charge is 2.31. The predicted molar refractivity (Wildman–Crippen MR) is 117 cm³/mol. The third kappa shape index (κ3) is 6.22. The van der Waals surface area contributed by atoms with Crippen LogP contribution in [-0.2, 0) is 0 Å². The molecule has 6 nitrogen and oxygen atoms in total. The van der Waals surface area contributed by atoms with E-state index < -0.39 is 36.7 Å². The summed E-state index contributed by atoms with van der Waals surface area (Å²) in [5, 5.41) is 11.4. The van der Waals surface area contributed by atoms with Crippen LogP contribution in [-0.4, -0.2) is 49.2 Å². The molecule has 2 aromatic rings. The van der Waals surface area contributed by atoms with E-state index in [4.69, 9.17) is 5.73 Å². The molecule has 3 N–H and O–H groups in total. The van der Waals surface area contributed by atoms with Crippen molar-refractivity contribution in [3.8, 4) is 17.2 Å². The molecule has 1 aromatic carbocycles. The number of hydrogen-bond acceptors (Lipinski definition) is 5. The zero-order chi connectivity index (χ0) is 22.7. The van der Waals surface area contributed by atoms with Gasteiger partial charge in [0.05, 0.1) is 11.3 Å². The summed E-state index contributed by atoms with van der Waals surface area (Å²) >= 11 is 0. The summed E-state index contributed by atoms with van der Waals surface area (Å²) in [5.41, 5.74) is 5.43. The maximum atomic E-state index is 13.9. The second-order valence-corrected chi connectivity index (χ2v) is 7.08. The van der Waals surface area contributed by atoms with Gasteiger partial charge in [-0.1, -0.05) is 0 Å². The Bertz CT molecular complexity index is 1020. The summed E-state index contributed by atoms with van der Waals surface area (Å²) in [6.07, 6.45) is -1.64. The van der Waals surface area contributed by atoms with Crippen molar-refractivity contribution in [1.82, 2.24) is 10.3 Å². The first kappa shape index (κ1) is 28.4. The largest absolute Gasteiger partial charge is 0.369 e. The Balaban J connectivity index is 0.00000272. The first-order chi connectivity index (χ1) is 14.7. The van der Waals surface area contributed by atoms with Gasteiger partial charge in [-0.2, -0.15) is 5.26 Å². The average molecular weight is 512 g/mol. The molecular weight excluding hydrogens is 492 g/mol. The number of pyridine rings is 1. The number of carbonyl (C=O) groups excluding carboxylic acids is 1. The number of nitrogens with one attached hydrogen (secondary N) is 1. The van der Waals surface area contributed by atoms with Gasteiger partial charge >= 0.3 is 0 Å². The minimum atomic E-state index is -3.15. The average Bonchev–Trinajstić information content (AvgIpc) is 3.15. The summed E-state index contributed by atoms with van der Waals surface area (Å²) in [6.45, 7) is -0.928. The number of nitrogens with two attached hydrogens (primary N) is 1. The number of alkyl halides is 3. The van der Waals surface area contributed by atoms with E-state index in [9.17, 15) is 32.0 Å². The molecule has 0 spiro atoms. The second kappa shape index (κ2) is 12.0. The van der Waals surface area contributed by atoms with Gasteiger partial charge in [-0.3, -0.25) is 4.79 Å². The minimum absolute atomic E-state index is 0. The highest BCUT2D eigenvalue weighted by Crippen LogP contribution is 2.38. The van der Waals surface area contributed by atoms with E-state index in [2.05, 4.69) is 4.98 Å². The van der Waals surface area contributed by atoms with Crippen LogP contribution in [0.3, 0.4) is 0 Å². The third-order valence-corrected chi connectivity index (χ3v) is 4.88. The lowest BCUT2D eigenvalue weighted by Gasteiger charge is -2.26. The van der Waals surface area contributed by atoms with Crippen molar-refractivity contribution in [3.63, 3.8) is 0 Å². The van der Waals surface area contributed by atoms with Gasteiger partial charge < -0.3 is 16.0 Å². The lowest BCUT2D eigenvalue weighted by atomic mass is 9.97. The lowest BCUT2D eigenvalue weighted by Crippen LogP contribution is -2.42. The SMILES string of the molecule is Cl.Cl.N#Cc1ncc(C(=O)N[C@@H](CF)C(F)F)c(N2CC[C@H](N)C2)c1-c1cc(F)cc(F)c1. The number of aromatic nitrogens is 1. The molecule has 180 valence electrons. The highest BCUT2D eigenvalue weighted by atomic mass is 35.5. The molecule has 33 heavy (non-hydrogen) atoms. The van der Waals surface area contributed by atoms with Crippen LogP contribution in [0.25, 0.3) is 11.1 Å². The highest BCUT2D eigenvalue weighted by molar-refractivity contribution is 6.04. The standard InChI is InChI=1S/C20H18F5N5O.2ClH/c21-6-15(19(24)25)29-20(31)14-8-28-16(7-26)17(10-3-11(22)5-12(23)4-10)18(14)30-2-1-13(27)9-30;;/h3-5,8,13,15,19H,1-2,6,9,27H2,(H,29,31);2*1H/t13-,15-;;/m0../s1. The lowest BCUT2D eigenvalue weighted by molar-refractivity contribution is 0.0681. The van der Waals surface area contributed by atoms with Crippen molar-refractivity contribution in [3.05, 3.63) is 47.3 Å². The number of rotatable bonds is 6. The molecule has 1 aliphatic heterocycles. The Morgan fingerprint density at radius 3 is 2.39 bits per heavy atom. The number of hydrogen-bond donors (Lipinski definition) is 2. The Hall–Kier alpha value is -2.68. The van der Waals surface area contributed by atoms with Crippen LogP contribution in [0.1, 0.15) is 22.5 Å². The van der Waals surface area contributed by atoms with Crippen LogP contribution in [0.15, 0.2) is 24.4 Å². The fourth-order valence-electron chi connectivity index (χ4n) is 3.46. The molecule has 2 atom stereocenters. The van der Waals surface area contributed by atoms with Crippen LogP contribution in [0.2, 0.25) is 0 Å². The van der Waals surface area contributed by atoms with Crippen LogP contribution in [0.5, 0.6) is 0 Å². The van der Waals surface area contributed by atoms with Gasteiger partial charge in [0.25, 0.3) is 12.3 Å². The van der Waals surface area contributed by atoms with E-state index in [0.717, 1.165) is 18.3 Å². The zero-order valence-electron chi connectivity index (χ0n) is 16.9. The van der Waals surface area contributed by atoms with E-state index in [-0.39, 0.29) is 65.5 Å². The maximum absolute atomic E-state index is 13.9. The number of carbonyl (C=O) groups is 1. The normalized spacial score (nSPS) is 15.9. The number of amides is 1. The second-order valence-electron chi connectivity index (χ2n) is 7.08. The van der Waals surface area contributed by atoms with Crippen LogP contribution in [0.4, 0.5) is 27.6 Å². The van der Waals surface area contributed by atoms with Crippen molar-refractivity contribution < 1.29 is 26.7 Å². The zero-order valence-corrected chi connectivity index (χ0v) is 18.5. The molecule has 1 fully saturated rings. The van der Waals surface area contributed by atoms with E-state index in [1.807, 2.05) is 11.4 Å². The monoisotopic (exact) mass is 511 g/mol. The van der Waals surface area contributed by atoms with Gasteiger partial charge in [0.15, 0.2) is 0 Å². The molecule has 1 aliphatic rings. The van der Waals surface area contributed by atoms with Crippen molar-refractivity contribution >= 4 is 36.4 Å². The fourth-order valence-corrected chi connectivity index (χ4v) is 3.46. The number of nitriles is 1. The summed E-state index contributed by atoms with van der Waals surface area (Å²) < 4.78 is 66.6. The molecule has 1 saturated heterocycles. The van der Waals surface area contributed by atoms with Crippen LogP contribution < -0.4 is 16.0 Å². The van der Waals surface area contributed by atoms with Gasteiger partial charge in [-0.15, -0.1) is 24.8 Å². The molecule has 3 rings (SSSR count). The molecule has 0 unspecified atom stereocenters. The molecule has 13 heteroatoms. The predicted octanol–water partition coefficient (Wildman–Crippen LogP) is 3.61. The Morgan fingerprint density at radius 2 is 1.91 bits per heavy atom. The smallest absolute Gasteiger partial charge is 0.261 e. The van der Waals surface area contributed by atoms with Crippen LogP contribution >= 0.6 is 24.8 Å². The molecule has 1 aromatic heterocycles. The van der Waals surface area contributed by atoms with E-state index in [1.165, 1.54) is 0 Å². The van der Waals surface area contributed by atoms with Crippen LogP contribution in [0, 0.1) is 23.0 Å². The van der Waals surface area contributed by atoms with Crippen molar-refractivity contribution in [2.24, 2.45) is 5.73 Å². The number of halogens is 7. The molecule has 0 aliphatic carbocycles. The number of anilines is 1. The molecule has 0 bridgehead atoms. The van der Waals surface area contributed by atoms with Crippen molar-refractivity contribution in [2.75, 3.05) is 24.7 Å². The Morgan fingerprint density at radius 1 is 1.27 bits per heavy atom. The molecule has 0 radical (unpaired) electrons. The van der Waals surface area contributed by atoms with E-state index in [0.29, 0.717) is 19.0 Å². The first-order valence-electron chi connectivity index (χ1n) is 9.30. The quantitative estimate of drug-likeness (QED) is 0.577. The van der Waals surface area contributed by atoms with Gasteiger partial charge in [-0.25, -0.2) is 26.9 Å². The maximum Gasteiger partial charge on any atom is 0.261 e. The minimum Gasteiger partial charge on any atom is -0.369 e. The topological polar surface area (TPSA) is 95.0 Å². The fraction of sp³-hybridized carbons (Fsp3) is 0.350. The van der Waals surface area contributed by atoms with E-state index in [1.54, 1.807) is 4.90 Å².